The summed E-state index contributed by atoms with van der Waals surface area (Å²) in [6.45, 7) is 8.10. The molecular weight excluding hydrogens is 240 g/mol. The molecule has 0 N–H and O–H groups in total. The summed E-state index contributed by atoms with van der Waals surface area (Å²) < 4.78 is 17.0. The third-order valence-electron chi connectivity index (χ3n) is 2.90. The fraction of sp³-hybridized carbons (Fsp3) is 0.375. The summed E-state index contributed by atoms with van der Waals surface area (Å²) in [5.41, 5.74) is 0. The van der Waals surface area contributed by atoms with Gasteiger partial charge >= 0.3 is 0 Å². The van der Waals surface area contributed by atoms with E-state index < -0.39 is 0 Å². The molecule has 0 aromatic carbocycles. The van der Waals surface area contributed by atoms with Gasteiger partial charge in [0.25, 0.3) is 0 Å². The van der Waals surface area contributed by atoms with E-state index >= 15 is 0 Å². The Bertz CT molecular complexity index is 479. The van der Waals surface area contributed by atoms with Crippen molar-refractivity contribution < 1.29 is 13.6 Å². The van der Waals surface area contributed by atoms with Crippen LogP contribution in [0.25, 0.3) is 0 Å². The highest BCUT2D eigenvalue weighted by molar-refractivity contribution is 5.10. The van der Waals surface area contributed by atoms with Gasteiger partial charge in [-0.25, -0.2) is 0 Å². The van der Waals surface area contributed by atoms with Crippen LogP contribution in [0.1, 0.15) is 23.0 Å². The van der Waals surface area contributed by atoms with E-state index in [0.29, 0.717) is 6.61 Å². The number of hydrogen-bond donors (Lipinski definition) is 0. The molecule has 2 aromatic heterocycles. The standard InChI is InChI=1S/C16H20O3/c1-4-9-17-16(10-14-7-5-12(2)18-14)11-15-8-6-13(3)19-15/h4-8,16H,1,9-11H2,2-3H3. The smallest absolute Gasteiger partial charge is 0.106 e. The number of rotatable bonds is 7. The Hall–Kier alpha value is -1.74. The Kier molecular flexibility index (Phi) is 4.63. The maximum Gasteiger partial charge on any atom is 0.106 e. The lowest BCUT2D eigenvalue weighted by atomic mass is 10.1. The molecule has 102 valence electrons. The topological polar surface area (TPSA) is 35.5 Å². The van der Waals surface area contributed by atoms with Crippen molar-refractivity contribution in [3.05, 3.63) is 60.0 Å². The van der Waals surface area contributed by atoms with Crippen LogP contribution in [0.5, 0.6) is 0 Å². The minimum Gasteiger partial charge on any atom is -0.466 e. The molecule has 2 rings (SSSR count). The predicted octanol–water partition coefficient (Wildman–Crippen LogP) is 3.85. The van der Waals surface area contributed by atoms with E-state index in [1.165, 1.54) is 0 Å². The molecule has 0 atom stereocenters. The molecule has 0 fully saturated rings. The van der Waals surface area contributed by atoms with Crippen LogP contribution in [0.15, 0.2) is 45.8 Å². The van der Waals surface area contributed by atoms with Crippen molar-refractivity contribution >= 4 is 0 Å². The van der Waals surface area contributed by atoms with Gasteiger partial charge < -0.3 is 13.6 Å². The lowest BCUT2D eigenvalue weighted by molar-refractivity contribution is 0.0670. The number of hydrogen-bond acceptors (Lipinski definition) is 3. The first kappa shape index (κ1) is 13.7. The first-order chi connectivity index (χ1) is 9.17. The van der Waals surface area contributed by atoms with Crippen LogP contribution in [0.3, 0.4) is 0 Å². The van der Waals surface area contributed by atoms with Crippen molar-refractivity contribution in [2.45, 2.75) is 32.8 Å². The van der Waals surface area contributed by atoms with Gasteiger partial charge in [-0.15, -0.1) is 6.58 Å². The Morgan fingerprint density at radius 3 is 1.95 bits per heavy atom. The molecule has 0 spiro atoms. The lowest BCUT2D eigenvalue weighted by Gasteiger charge is -2.14. The third kappa shape index (κ3) is 4.14. The normalized spacial score (nSPS) is 11.1. The fourth-order valence-corrected chi connectivity index (χ4v) is 2.03. The van der Waals surface area contributed by atoms with Crippen LogP contribution in [0.2, 0.25) is 0 Å². The molecule has 0 radical (unpaired) electrons. The SMILES string of the molecule is C=CCOC(Cc1ccc(C)o1)Cc1ccc(C)o1. The summed E-state index contributed by atoms with van der Waals surface area (Å²) >= 11 is 0. The second-order valence-electron chi connectivity index (χ2n) is 4.68. The molecule has 0 bridgehead atoms. The zero-order valence-corrected chi connectivity index (χ0v) is 11.5. The zero-order chi connectivity index (χ0) is 13.7. The van der Waals surface area contributed by atoms with E-state index in [2.05, 4.69) is 6.58 Å². The molecule has 0 aliphatic carbocycles. The van der Waals surface area contributed by atoms with Gasteiger partial charge in [-0.1, -0.05) is 6.08 Å². The molecule has 2 aromatic rings. The average Bonchev–Trinajstić information content (AvgIpc) is 2.95. The molecule has 0 aliphatic rings. The monoisotopic (exact) mass is 260 g/mol. The summed E-state index contributed by atoms with van der Waals surface area (Å²) in [5, 5.41) is 0. The molecule has 0 amide bonds. The van der Waals surface area contributed by atoms with Crippen LogP contribution >= 0.6 is 0 Å². The van der Waals surface area contributed by atoms with E-state index in [1.807, 2.05) is 38.1 Å². The van der Waals surface area contributed by atoms with Crippen molar-refractivity contribution in [3.63, 3.8) is 0 Å². The molecule has 0 aliphatic heterocycles. The van der Waals surface area contributed by atoms with E-state index in [0.717, 1.165) is 35.9 Å². The third-order valence-corrected chi connectivity index (χ3v) is 2.90. The summed E-state index contributed by atoms with van der Waals surface area (Å²) in [6, 6.07) is 7.92. The largest absolute Gasteiger partial charge is 0.466 e. The lowest BCUT2D eigenvalue weighted by Crippen LogP contribution is -2.19. The molecule has 2 heterocycles. The molecule has 0 saturated heterocycles. The molecule has 3 nitrogen and oxygen atoms in total. The van der Waals surface area contributed by atoms with E-state index in [1.54, 1.807) is 6.08 Å². The maximum absolute atomic E-state index is 5.78. The summed E-state index contributed by atoms with van der Waals surface area (Å²) in [4.78, 5) is 0. The second kappa shape index (κ2) is 6.43. The van der Waals surface area contributed by atoms with Gasteiger partial charge in [0.1, 0.15) is 23.0 Å². The Morgan fingerprint density at radius 2 is 1.58 bits per heavy atom. The highest BCUT2D eigenvalue weighted by Crippen LogP contribution is 2.16. The van der Waals surface area contributed by atoms with Gasteiger partial charge in [-0.05, 0) is 38.1 Å². The van der Waals surface area contributed by atoms with Gasteiger partial charge in [-0.3, -0.25) is 0 Å². The Balaban J connectivity index is 2.00. The summed E-state index contributed by atoms with van der Waals surface area (Å²) in [6.07, 6.45) is 3.27. The van der Waals surface area contributed by atoms with Crippen LogP contribution < -0.4 is 0 Å². The summed E-state index contributed by atoms with van der Waals surface area (Å²) in [7, 11) is 0. The minimum absolute atomic E-state index is 0.0362. The van der Waals surface area contributed by atoms with E-state index in [9.17, 15) is 0 Å². The van der Waals surface area contributed by atoms with Gasteiger partial charge in [0, 0.05) is 12.8 Å². The average molecular weight is 260 g/mol. The summed E-state index contributed by atoms with van der Waals surface area (Å²) in [5.74, 6) is 3.72. The highest BCUT2D eigenvalue weighted by Gasteiger charge is 2.15. The van der Waals surface area contributed by atoms with Gasteiger partial charge in [0.2, 0.25) is 0 Å². The van der Waals surface area contributed by atoms with Crippen molar-refractivity contribution in [2.24, 2.45) is 0 Å². The van der Waals surface area contributed by atoms with Crippen LogP contribution in [0.4, 0.5) is 0 Å². The number of furan rings is 2. The molecule has 0 saturated carbocycles. The molecule has 3 heteroatoms. The molecule has 0 unspecified atom stereocenters. The Morgan fingerprint density at radius 1 is 1.05 bits per heavy atom. The van der Waals surface area contributed by atoms with Crippen LogP contribution in [-0.4, -0.2) is 12.7 Å². The molecular formula is C16H20O3. The first-order valence-electron chi connectivity index (χ1n) is 6.50. The fourth-order valence-electron chi connectivity index (χ4n) is 2.03. The van der Waals surface area contributed by atoms with Gasteiger partial charge in [-0.2, -0.15) is 0 Å². The maximum atomic E-state index is 5.78. The van der Waals surface area contributed by atoms with Crippen molar-refractivity contribution in [1.29, 1.82) is 0 Å². The predicted molar refractivity (Wildman–Crippen MR) is 74.2 cm³/mol. The van der Waals surface area contributed by atoms with Gasteiger partial charge in [0.15, 0.2) is 0 Å². The van der Waals surface area contributed by atoms with E-state index in [-0.39, 0.29) is 6.10 Å². The van der Waals surface area contributed by atoms with Crippen molar-refractivity contribution in [2.75, 3.05) is 6.61 Å². The van der Waals surface area contributed by atoms with Crippen molar-refractivity contribution in [3.8, 4) is 0 Å². The molecule has 19 heavy (non-hydrogen) atoms. The highest BCUT2D eigenvalue weighted by atomic mass is 16.5. The van der Waals surface area contributed by atoms with Crippen LogP contribution in [0, 0.1) is 13.8 Å². The Labute approximate surface area is 113 Å². The number of ether oxygens (including phenoxy) is 1. The van der Waals surface area contributed by atoms with E-state index in [4.69, 9.17) is 13.6 Å². The van der Waals surface area contributed by atoms with Crippen LogP contribution in [-0.2, 0) is 17.6 Å². The second-order valence-corrected chi connectivity index (χ2v) is 4.68. The first-order valence-corrected chi connectivity index (χ1v) is 6.50. The van der Waals surface area contributed by atoms with Gasteiger partial charge in [0.05, 0.1) is 12.7 Å². The quantitative estimate of drug-likeness (QED) is 0.709. The van der Waals surface area contributed by atoms with Crippen molar-refractivity contribution in [1.82, 2.24) is 0 Å². The minimum atomic E-state index is 0.0362. The zero-order valence-electron chi connectivity index (χ0n) is 11.5. The number of aryl methyl sites for hydroxylation is 2.